The average molecular weight is 438 g/mol. The first-order valence-electron chi connectivity index (χ1n) is 11.3. The maximum atomic E-state index is 13.0. The van der Waals surface area contributed by atoms with Gasteiger partial charge in [-0.1, -0.05) is 36.3 Å². The largest absolute Gasteiger partial charge is 0.339 e. The molecule has 1 fully saturated rings. The first-order valence-corrected chi connectivity index (χ1v) is 11.3. The number of likely N-dealkylation sites (tertiary alicyclic amines) is 1. The molecule has 1 aliphatic heterocycles. The molecule has 0 saturated carbocycles. The topological polar surface area (TPSA) is 62.3 Å². The molecule has 2 amide bonds. The van der Waals surface area contributed by atoms with E-state index in [2.05, 4.69) is 22.1 Å². The van der Waals surface area contributed by atoms with Crippen molar-refractivity contribution in [2.75, 3.05) is 18.4 Å². The van der Waals surface area contributed by atoms with E-state index in [1.54, 1.807) is 6.20 Å². The number of amides is 2. The Labute approximate surface area is 194 Å². The molecule has 4 rings (SSSR count). The van der Waals surface area contributed by atoms with Crippen molar-refractivity contribution in [2.45, 2.75) is 25.7 Å². The number of benzene rings is 2. The van der Waals surface area contributed by atoms with Gasteiger partial charge in [0.05, 0.1) is 0 Å². The van der Waals surface area contributed by atoms with Crippen molar-refractivity contribution in [3.8, 4) is 11.8 Å². The van der Waals surface area contributed by atoms with Gasteiger partial charge in [0.15, 0.2) is 0 Å². The molecule has 1 aromatic heterocycles. The van der Waals surface area contributed by atoms with E-state index in [4.69, 9.17) is 0 Å². The molecule has 1 N–H and O–H groups in total. The van der Waals surface area contributed by atoms with Gasteiger partial charge in [-0.15, -0.1) is 0 Å². The molecule has 0 bridgehead atoms. The lowest BCUT2D eigenvalue weighted by Gasteiger charge is -2.32. The predicted octanol–water partition coefficient (Wildman–Crippen LogP) is 4.75. The monoisotopic (exact) mass is 437 g/mol. The van der Waals surface area contributed by atoms with E-state index in [-0.39, 0.29) is 11.8 Å². The third-order valence-electron chi connectivity index (χ3n) is 5.85. The van der Waals surface area contributed by atoms with Gasteiger partial charge in [-0.25, -0.2) is 4.98 Å². The summed E-state index contributed by atoms with van der Waals surface area (Å²) in [6.07, 6.45) is 4.90. The molecule has 2 heterocycles. The second-order valence-corrected chi connectivity index (χ2v) is 8.23. The van der Waals surface area contributed by atoms with Crippen molar-refractivity contribution in [1.82, 2.24) is 9.88 Å². The summed E-state index contributed by atoms with van der Waals surface area (Å²) in [5.41, 5.74) is 2.98. The number of anilines is 1. The van der Waals surface area contributed by atoms with Crippen LogP contribution in [-0.4, -0.2) is 34.8 Å². The highest BCUT2D eigenvalue weighted by Crippen LogP contribution is 2.23. The van der Waals surface area contributed by atoms with Crippen LogP contribution in [-0.2, 0) is 4.79 Å². The molecule has 33 heavy (non-hydrogen) atoms. The second-order valence-electron chi connectivity index (χ2n) is 8.23. The zero-order valence-electron chi connectivity index (χ0n) is 18.5. The fourth-order valence-electron chi connectivity index (χ4n) is 3.99. The Morgan fingerprint density at radius 2 is 1.73 bits per heavy atom. The molecule has 5 nitrogen and oxygen atoms in total. The smallest absolute Gasteiger partial charge is 0.253 e. The van der Waals surface area contributed by atoms with Crippen LogP contribution < -0.4 is 5.32 Å². The van der Waals surface area contributed by atoms with Crippen molar-refractivity contribution < 1.29 is 9.59 Å². The molecule has 2 aromatic carbocycles. The SMILES string of the molecule is O=C(CCC1CCN(C(=O)c2cccc(C#Cc3ccccn3)c2)CC1)Nc1ccccc1. The highest BCUT2D eigenvalue weighted by atomic mass is 16.2. The van der Waals surface area contributed by atoms with E-state index in [1.807, 2.05) is 77.7 Å². The fraction of sp³-hybridized carbons (Fsp3) is 0.250. The predicted molar refractivity (Wildman–Crippen MR) is 130 cm³/mol. The van der Waals surface area contributed by atoms with E-state index < -0.39 is 0 Å². The number of nitrogens with zero attached hydrogens (tertiary/aromatic N) is 2. The Morgan fingerprint density at radius 3 is 2.48 bits per heavy atom. The molecule has 0 radical (unpaired) electrons. The number of rotatable bonds is 5. The Hall–Kier alpha value is -3.91. The van der Waals surface area contributed by atoms with Crippen LogP contribution in [0.3, 0.4) is 0 Å². The van der Waals surface area contributed by atoms with Crippen LogP contribution in [0.2, 0.25) is 0 Å². The van der Waals surface area contributed by atoms with Crippen LogP contribution in [0, 0.1) is 17.8 Å². The number of pyridine rings is 1. The number of aromatic nitrogens is 1. The molecule has 1 saturated heterocycles. The number of carbonyl (C=O) groups is 2. The van der Waals surface area contributed by atoms with Crippen molar-refractivity contribution in [3.05, 3.63) is 95.8 Å². The summed E-state index contributed by atoms with van der Waals surface area (Å²) in [7, 11) is 0. The minimum Gasteiger partial charge on any atom is -0.339 e. The third kappa shape index (κ3) is 6.54. The summed E-state index contributed by atoms with van der Waals surface area (Å²) < 4.78 is 0. The van der Waals surface area contributed by atoms with Gasteiger partial charge in [-0.2, -0.15) is 0 Å². The van der Waals surface area contributed by atoms with Gasteiger partial charge in [0.1, 0.15) is 5.69 Å². The molecule has 166 valence electrons. The van der Waals surface area contributed by atoms with Crippen LogP contribution >= 0.6 is 0 Å². The highest BCUT2D eigenvalue weighted by Gasteiger charge is 2.24. The summed E-state index contributed by atoms with van der Waals surface area (Å²) in [5, 5.41) is 2.94. The second kappa shape index (κ2) is 11.1. The van der Waals surface area contributed by atoms with Crippen molar-refractivity contribution in [1.29, 1.82) is 0 Å². The summed E-state index contributed by atoms with van der Waals surface area (Å²) in [5.74, 6) is 6.67. The first-order chi connectivity index (χ1) is 16.2. The van der Waals surface area contributed by atoms with Crippen LogP contribution in [0.5, 0.6) is 0 Å². The number of para-hydroxylation sites is 1. The summed E-state index contributed by atoms with van der Waals surface area (Å²) >= 11 is 0. The van der Waals surface area contributed by atoms with Gasteiger partial charge in [-0.3, -0.25) is 9.59 Å². The number of piperidine rings is 1. The molecule has 1 aliphatic rings. The third-order valence-corrected chi connectivity index (χ3v) is 5.85. The highest BCUT2D eigenvalue weighted by molar-refractivity contribution is 5.94. The van der Waals surface area contributed by atoms with E-state index >= 15 is 0 Å². The van der Waals surface area contributed by atoms with E-state index in [0.29, 0.717) is 36.7 Å². The normalized spacial score (nSPS) is 13.6. The Balaban J connectivity index is 1.26. The van der Waals surface area contributed by atoms with Gasteiger partial charge in [0.25, 0.3) is 5.91 Å². The van der Waals surface area contributed by atoms with Gasteiger partial charge in [-0.05, 0) is 73.6 Å². The van der Waals surface area contributed by atoms with E-state index in [9.17, 15) is 9.59 Å². The Kier molecular flexibility index (Phi) is 7.50. The number of nitrogens with one attached hydrogen (secondary N) is 1. The van der Waals surface area contributed by atoms with E-state index in [0.717, 1.165) is 30.5 Å². The number of hydrogen-bond acceptors (Lipinski definition) is 3. The molecular formula is C28H27N3O2. The number of hydrogen-bond donors (Lipinski definition) is 1. The molecule has 3 aromatic rings. The zero-order valence-corrected chi connectivity index (χ0v) is 18.5. The molecule has 0 unspecified atom stereocenters. The van der Waals surface area contributed by atoms with Gasteiger partial charge < -0.3 is 10.2 Å². The molecule has 0 aliphatic carbocycles. The zero-order chi connectivity index (χ0) is 22.9. The average Bonchev–Trinajstić information content (AvgIpc) is 2.87. The first kappa shape index (κ1) is 22.3. The maximum Gasteiger partial charge on any atom is 0.253 e. The van der Waals surface area contributed by atoms with Crippen LogP contribution in [0.4, 0.5) is 5.69 Å². The maximum absolute atomic E-state index is 13.0. The molecular weight excluding hydrogens is 410 g/mol. The summed E-state index contributed by atoms with van der Waals surface area (Å²) in [6.45, 7) is 1.43. The van der Waals surface area contributed by atoms with Crippen LogP contribution in [0.25, 0.3) is 0 Å². The standard InChI is InChI=1S/C28H27N3O2/c32-27(30-26-10-2-1-3-11-26)15-13-22-16-19-31(20-17-22)28(33)24-8-6-7-23(21-24)12-14-25-9-4-5-18-29-25/h1-11,18,21-22H,13,15-17,19-20H2,(H,30,32). The summed E-state index contributed by atoms with van der Waals surface area (Å²) in [6, 6.07) is 22.6. The molecule has 5 heteroatoms. The lowest BCUT2D eigenvalue weighted by atomic mass is 9.91. The lowest BCUT2D eigenvalue weighted by molar-refractivity contribution is -0.116. The Morgan fingerprint density at radius 1 is 0.939 bits per heavy atom. The minimum atomic E-state index is 0.0387. The van der Waals surface area contributed by atoms with Crippen molar-refractivity contribution >= 4 is 17.5 Å². The number of carbonyl (C=O) groups excluding carboxylic acids is 2. The summed E-state index contributed by atoms with van der Waals surface area (Å²) in [4.78, 5) is 31.3. The Bertz CT molecular complexity index is 1140. The van der Waals surface area contributed by atoms with Crippen molar-refractivity contribution in [3.63, 3.8) is 0 Å². The quantitative estimate of drug-likeness (QED) is 0.586. The van der Waals surface area contributed by atoms with Gasteiger partial charge >= 0.3 is 0 Å². The van der Waals surface area contributed by atoms with Crippen LogP contribution in [0.1, 0.15) is 47.3 Å². The van der Waals surface area contributed by atoms with Gasteiger partial charge in [0, 0.05) is 42.5 Å². The fourth-order valence-corrected chi connectivity index (χ4v) is 3.99. The molecule has 0 spiro atoms. The van der Waals surface area contributed by atoms with Crippen LogP contribution in [0.15, 0.2) is 79.0 Å². The van der Waals surface area contributed by atoms with E-state index in [1.165, 1.54) is 0 Å². The van der Waals surface area contributed by atoms with Crippen molar-refractivity contribution in [2.24, 2.45) is 5.92 Å². The minimum absolute atomic E-state index is 0.0387. The van der Waals surface area contributed by atoms with Gasteiger partial charge in [0.2, 0.25) is 5.91 Å². The molecule has 0 atom stereocenters. The lowest BCUT2D eigenvalue weighted by Crippen LogP contribution is -2.38.